The SMILES string of the molecule is COc1cc(OC)c(OC)cc1CNC(=O)COc1cc(C(C)C)ccc1C. The Morgan fingerprint density at radius 1 is 0.929 bits per heavy atom. The predicted molar refractivity (Wildman–Crippen MR) is 109 cm³/mol. The van der Waals surface area contributed by atoms with Crippen molar-refractivity contribution >= 4 is 5.91 Å². The van der Waals surface area contributed by atoms with Crippen molar-refractivity contribution in [3.63, 3.8) is 0 Å². The van der Waals surface area contributed by atoms with Gasteiger partial charge in [0.1, 0.15) is 11.5 Å². The average molecular weight is 387 g/mol. The molecule has 0 aliphatic carbocycles. The number of ether oxygens (including phenoxy) is 4. The van der Waals surface area contributed by atoms with Crippen LogP contribution in [0.3, 0.4) is 0 Å². The first-order valence-electron chi connectivity index (χ1n) is 9.18. The fourth-order valence-corrected chi connectivity index (χ4v) is 2.75. The minimum atomic E-state index is -0.216. The van der Waals surface area contributed by atoms with Gasteiger partial charge in [-0.25, -0.2) is 0 Å². The highest BCUT2D eigenvalue weighted by Gasteiger charge is 2.13. The Kier molecular flexibility index (Phi) is 7.55. The predicted octanol–water partition coefficient (Wildman–Crippen LogP) is 3.84. The number of carbonyl (C=O) groups is 1. The first kappa shape index (κ1) is 21.4. The first-order chi connectivity index (χ1) is 13.4. The van der Waals surface area contributed by atoms with Gasteiger partial charge in [-0.2, -0.15) is 0 Å². The number of methoxy groups -OCH3 is 3. The molecule has 0 spiro atoms. The molecule has 0 radical (unpaired) electrons. The van der Waals surface area contributed by atoms with Gasteiger partial charge in [-0.3, -0.25) is 4.79 Å². The van der Waals surface area contributed by atoms with Crippen molar-refractivity contribution in [3.05, 3.63) is 47.0 Å². The van der Waals surface area contributed by atoms with Crippen LogP contribution in [-0.4, -0.2) is 33.8 Å². The van der Waals surface area contributed by atoms with Gasteiger partial charge in [0.25, 0.3) is 5.91 Å². The summed E-state index contributed by atoms with van der Waals surface area (Å²) in [5.74, 6) is 2.66. The van der Waals surface area contributed by atoms with Gasteiger partial charge in [0.2, 0.25) is 0 Å². The molecule has 2 aromatic rings. The van der Waals surface area contributed by atoms with Gasteiger partial charge in [0, 0.05) is 18.2 Å². The maximum Gasteiger partial charge on any atom is 0.258 e. The lowest BCUT2D eigenvalue weighted by molar-refractivity contribution is -0.123. The van der Waals surface area contributed by atoms with Crippen molar-refractivity contribution in [2.75, 3.05) is 27.9 Å². The quantitative estimate of drug-likeness (QED) is 0.708. The smallest absolute Gasteiger partial charge is 0.258 e. The van der Waals surface area contributed by atoms with E-state index in [-0.39, 0.29) is 19.1 Å². The topological polar surface area (TPSA) is 66.0 Å². The summed E-state index contributed by atoms with van der Waals surface area (Å²) in [6.45, 7) is 6.44. The highest BCUT2D eigenvalue weighted by atomic mass is 16.5. The van der Waals surface area contributed by atoms with Crippen LogP contribution in [0.15, 0.2) is 30.3 Å². The monoisotopic (exact) mass is 387 g/mol. The molecular weight excluding hydrogens is 358 g/mol. The normalized spacial score (nSPS) is 10.5. The van der Waals surface area contributed by atoms with Gasteiger partial charge in [-0.1, -0.05) is 26.0 Å². The van der Waals surface area contributed by atoms with E-state index >= 15 is 0 Å². The van der Waals surface area contributed by atoms with E-state index < -0.39 is 0 Å². The van der Waals surface area contributed by atoms with Crippen LogP contribution in [0, 0.1) is 6.92 Å². The molecule has 0 aromatic heterocycles. The van der Waals surface area contributed by atoms with Gasteiger partial charge < -0.3 is 24.3 Å². The van der Waals surface area contributed by atoms with E-state index in [1.54, 1.807) is 33.5 Å². The lowest BCUT2D eigenvalue weighted by Crippen LogP contribution is -2.28. The summed E-state index contributed by atoms with van der Waals surface area (Å²) in [7, 11) is 4.70. The van der Waals surface area contributed by atoms with E-state index in [0.717, 1.165) is 16.9 Å². The maximum absolute atomic E-state index is 12.3. The molecule has 6 heteroatoms. The second-order valence-electron chi connectivity index (χ2n) is 6.76. The molecule has 0 bridgehead atoms. The number of amides is 1. The Bertz CT molecular complexity index is 817. The third-order valence-electron chi connectivity index (χ3n) is 4.50. The standard InChI is InChI=1S/C22H29NO5/c1-14(2)16-8-7-15(3)18(9-16)28-13-22(24)23-12-17-10-20(26-5)21(27-6)11-19(17)25-4/h7-11,14H,12-13H2,1-6H3,(H,23,24). The molecule has 0 heterocycles. The highest BCUT2D eigenvalue weighted by molar-refractivity contribution is 5.77. The first-order valence-corrected chi connectivity index (χ1v) is 9.18. The fourth-order valence-electron chi connectivity index (χ4n) is 2.75. The Hall–Kier alpha value is -2.89. The highest BCUT2D eigenvalue weighted by Crippen LogP contribution is 2.34. The molecule has 0 fully saturated rings. The van der Waals surface area contributed by atoms with Crippen molar-refractivity contribution in [1.82, 2.24) is 5.32 Å². The van der Waals surface area contributed by atoms with Gasteiger partial charge >= 0.3 is 0 Å². The van der Waals surface area contributed by atoms with Crippen LogP contribution in [0.4, 0.5) is 0 Å². The molecule has 1 N–H and O–H groups in total. The van der Waals surface area contributed by atoms with Crippen LogP contribution in [0.1, 0.15) is 36.5 Å². The van der Waals surface area contributed by atoms with Crippen LogP contribution in [0.5, 0.6) is 23.0 Å². The Labute approximate surface area is 166 Å². The summed E-state index contributed by atoms with van der Waals surface area (Å²) in [5.41, 5.74) is 2.96. The third-order valence-corrected chi connectivity index (χ3v) is 4.50. The fraction of sp³-hybridized carbons (Fsp3) is 0.409. The summed E-state index contributed by atoms with van der Waals surface area (Å²) < 4.78 is 21.7. The van der Waals surface area contributed by atoms with Crippen molar-refractivity contribution in [2.45, 2.75) is 33.2 Å². The maximum atomic E-state index is 12.3. The van der Waals surface area contributed by atoms with Crippen LogP contribution >= 0.6 is 0 Å². The number of carbonyl (C=O) groups excluding carboxylic acids is 1. The van der Waals surface area contributed by atoms with E-state index in [4.69, 9.17) is 18.9 Å². The van der Waals surface area contributed by atoms with Crippen molar-refractivity contribution in [3.8, 4) is 23.0 Å². The number of hydrogen-bond acceptors (Lipinski definition) is 5. The molecular formula is C22H29NO5. The van der Waals surface area contributed by atoms with Crippen molar-refractivity contribution in [1.29, 1.82) is 0 Å². The van der Waals surface area contributed by atoms with Crippen LogP contribution < -0.4 is 24.3 Å². The van der Waals surface area contributed by atoms with Crippen molar-refractivity contribution in [2.24, 2.45) is 0 Å². The number of aryl methyl sites for hydroxylation is 1. The molecule has 0 unspecified atom stereocenters. The largest absolute Gasteiger partial charge is 0.496 e. The second kappa shape index (κ2) is 9.88. The molecule has 28 heavy (non-hydrogen) atoms. The Balaban J connectivity index is 2.00. The van der Waals surface area contributed by atoms with E-state index in [9.17, 15) is 4.79 Å². The van der Waals surface area contributed by atoms with Crippen LogP contribution in [0.2, 0.25) is 0 Å². The van der Waals surface area contributed by atoms with Crippen LogP contribution in [0.25, 0.3) is 0 Å². The molecule has 6 nitrogen and oxygen atoms in total. The van der Waals surface area contributed by atoms with Crippen molar-refractivity contribution < 1.29 is 23.7 Å². The zero-order chi connectivity index (χ0) is 20.7. The summed E-state index contributed by atoms with van der Waals surface area (Å²) in [5, 5.41) is 2.85. The molecule has 1 amide bonds. The number of nitrogens with one attached hydrogen (secondary N) is 1. The van der Waals surface area contributed by atoms with Gasteiger partial charge in [-0.05, 0) is 36.1 Å². The van der Waals surface area contributed by atoms with Crippen LogP contribution in [-0.2, 0) is 11.3 Å². The zero-order valence-electron chi connectivity index (χ0n) is 17.4. The summed E-state index contributed by atoms with van der Waals surface area (Å²) >= 11 is 0. The van der Waals surface area contributed by atoms with E-state index in [2.05, 4.69) is 25.2 Å². The zero-order valence-corrected chi connectivity index (χ0v) is 17.4. The lowest BCUT2D eigenvalue weighted by atomic mass is 10.0. The molecule has 2 rings (SSSR count). The Morgan fingerprint density at radius 3 is 2.18 bits per heavy atom. The number of rotatable bonds is 9. The number of hydrogen-bond donors (Lipinski definition) is 1. The molecule has 152 valence electrons. The molecule has 0 atom stereocenters. The third kappa shape index (κ3) is 5.31. The molecule has 0 saturated heterocycles. The van der Waals surface area contributed by atoms with Gasteiger partial charge in [0.15, 0.2) is 18.1 Å². The minimum absolute atomic E-state index is 0.0575. The van der Waals surface area contributed by atoms with E-state index in [1.165, 1.54) is 5.56 Å². The average Bonchev–Trinajstić information content (AvgIpc) is 2.70. The number of benzene rings is 2. The minimum Gasteiger partial charge on any atom is -0.496 e. The summed E-state index contributed by atoms with van der Waals surface area (Å²) in [6, 6.07) is 9.60. The lowest BCUT2D eigenvalue weighted by Gasteiger charge is -2.15. The molecule has 2 aromatic carbocycles. The summed E-state index contributed by atoms with van der Waals surface area (Å²) in [4.78, 5) is 12.3. The molecule has 0 aliphatic rings. The summed E-state index contributed by atoms with van der Waals surface area (Å²) in [6.07, 6.45) is 0. The molecule has 0 saturated carbocycles. The Morgan fingerprint density at radius 2 is 1.57 bits per heavy atom. The second-order valence-corrected chi connectivity index (χ2v) is 6.76. The van der Waals surface area contributed by atoms with Gasteiger partial charge in [-0.15, -0.1) is 0 Å². The van der Waals surface area contributed by atoms with E-state index in [1.807, 2.05) is 19.1 Å². The molecule has 0 aliphatic heterocycles. The van der Waals surface area contributed by atoms with Gasteiger partial charge in [0.05, 0.1) is 21.3 Å². The van der Waals surface area contributed by atoms with E-state index in [0.29, 0.717) is 23.2 Å².